The van der Waals surface area contributed by atoms with Gasteiger partial charge in [-0.25, -0.2) is 0 Å². The molecular weight excluding hydrogens is 164 g/mol. The van der Waals surface area contributed by atoms with Crippen LogP contribution in [0.25, 0.3) is 0 Å². The summed E-state index contributed by atoms with van der Waals surface area (Å²) in [6.07, 6.45) is 0. The van der Waals surface area contributed by atoms with Crippen molar-refractivity contribution in [3.05, 3.63) is 34.9 Å². The smallest absolute Gasteiger partial charge is 0.0688 e. The largest absolute Gasteiger partial charge is 0.392 e. The van der Waals surface area contributed by atoms with Gasteiger partial charge in [-0.15, -0.1) is 0 Å². The summed E-state index contributed by atoms with van der Waals surface area (Å²) in [7, 11) is 0. The first kappa shape index (κ1) is 10.2. The highest BCUT2D eigenvalue weighted by molar-refractivity contribution is 5.36. The highest BCUT2D eigenvalue weighted by Gasteiger charge is 2.08. The summed E-state index contributed by atoms with van der Waals surface area (Å²) in [4.78, 5) is 0. The third-order valence-electron chi connectivity index (χ3n) is 2.26. The van der Waals surface area contributed by atoms with Gasteiger partial charge in [-0.1, -0.05) is 32.0 Å². The molecule has 2 nitrogen and oxygen atoms in total. The Hall–Kier alpha value is -0.860. The molecule has 0 amide bonds. The Balaban J connectivity index is 3.19. The molecule has 72 valence electrons. The average Bonchev–Trinajstić information content (AvgIpc) is 2.16. The van der Waals surface area contributed by atoms with Crippen molar-refractivity contribution in [3.8, 4) is 0 Å². The first-order valence-corrected chi connectivity index (χ1v) is 4.53. The van der Waals surface area contributed by atoms with Gasteiger partial charge in [0.05, 0.1) is 13.2 Å². The summed E-state index contributed by atoms with van der Waals surface area (Å²) in [6.45, 7) is 4.16. The number of rotatable bonds is 3. The van der Waals surface area contributed by atoms with Gasteiger partial charge >= 0.3 is 0 Å². The Kier molecular flexibility index (Phi) is 3.46. The minimum absolute atomic E-state index is 0.00352. The number of hydrogen-bond acceptors (Lipinski definition) is 2. The Morgan fingerprint density at radius 3 is 2.31 bits per heavy atom. The molecule has 0 radical (unpaired) electrons. The molecule has 1 aromatic rings. The quantitative estimate of drug-likeness (QED) is 0.744. The maximum absolute atomic E-state index is 9.17. The predicted octanol–water partition coefficient (Wildman–Crippen LogP) is 1.79. The molecule has 0 aliphatic heterocycles. The summed E-state index contributed by atoms with van der Waals surface area (Å²) >= 11 is 0. The summed E-state index contributed by atoms with van der Waals surface area (Å²) in [6, 6.07) is 5.76. The first-order valence-electron chi connectivity index (χ1n) is 4.53. The summed E-state index contributed by atoms with van der Waals surface area (Å²) in [5.41, 5.74) is 2.82. The molecule has 1 rings (SSSR count). The van der Waals surface area contributed by atoms with Gasteiger partial charge in [0.1, 0.15) is 0 Å². The van der Waals surface area contributed by atoms with E-state index in [4.69, 9.17) is 10.2 Å². The predicted molar refractivity (Wildman–Crippen MR) is 52.4 cm³/mol. The zero-order chi connectivity index (χ0) is 9.84. The third-order valence-corrected chi connectivity index (χ3v) is 2.26. The molecule has 0 fully saturated rings. The third kappa shape index (κ3) is 2.08. The molecule has 0 aromatic heterocycles. The Morgan fingerprint density at radius 1 is 1.15 bits per heavy atom. The van der Waals surface area contributed by atoms with Crippen LogP contribution in [0.4, 0.5) is 0 Å². The molecule has 1 aromatic carbocycles. The molecule has 2 heteroatoms. The van der Waals surface area contributed by atoms with Crippen LogP contribution in [-0.2, 0) is 13.2 Å². The van der Waals surface area contributed by atoms with Crippen LogP contribution >= 0.6 is 0 Å². The molecule has 0 unspecified atom stereocenters. The molecule has 13 heavy (non-hydrogen) atoms. The summed E-state index contributed by atoms with van der Waals surface area (Å²) in [5, 5.41) is 18.2. The van der Waals surface area contributed by atoms with Gasteiger partial charge in [0.25, 0.3) is 0 Å². The van der Waals surface area contributed by atoms with Crippen molar-refractivity contribution < 1.29 is 10.2 Å². The van der Waals surface area contributed by atoms with E-state index in [-0.39, 0.29) is 13.2 Å². The average molecular weight is 180 g/mol. The topological polar surface area (TPSA) is 40.5 Å². The molecule has 0 heterocycles. The highest BCUT2D eigenvalue weighted by atomic mass is 16.3. The number of benzene rings is 1. The number of aliphatic hydroxyl groups excluding tert-OH is 2. The fourth-order valence-corrected chi connectivity index (χ4v) is 1.54. The van der Waals surface area contributed by atoms with Gasteiger partial charge in [0, 0.05) is 0 Å². The Morgan fingerprint density at radius 2 is 1.85 bits per heavy atom. The molecule has 0 bridgehead atoms. The van der Waals surface area contributed by atoms with Crippen molar-refractivity contribution in [1.29, 1.82) is 0 Å². The van der Waals surface area contributed by atoms with Gasteiger partial charge in [0.2, 0.25) is 0 Å². The van der Waals surface area contributed by atoms with E-state index in [2.05, 4.69) is 13.8 Å². The van der Waals surface area contributed by atoms with Crippen molar-refractivity contribution in [2.45, 2.75) is 33.0 Å². The molecule has 2 N–H and O–H groups in total. The lowest BCUT2D eigenvalue weighted by Gasteiger charge is -2.13. The highest BCUT2D eigenvalue weighted by Crippen LogP contribution is 2.22. The van der Waals surface area contributed by atoms with E-state index in [0.717, 1.165) is 16.7 Å². The zero-order valence-corrected chi connectivity index (χ0v) is 8.12. The molecule has 0 atom stereocenters. The minimum Gasteiger partial charge on any atom is -0.392 e. The molecule has 0 aliphatic rings. The van der Waals surface area contributed by atoms with Crippen LogP contribution < -0.4 is 0 Å². The van der Waals surface area contributed by atoms with Crippen molar-refractivity contribution in [2.24, 2.45) is 0 Å². The van der Waals surface area contributed by atoms with Crippen LogP contribution in [0.5, 0.6) is 0 Å². The lowest BCUT2D eigenvalue weighted by Crippen LogP contribution is -2.01. The second-order valence-corrected chi connectivity index (χ2v) is 3.46. The van der Waals surface area contributed by atoms with Crippen molar-refractivity contribution in [1.82, 2.24) is 0 Å². The second-order valence-electron chi connectivity index (χ2n) is 3.46. The van der Waals surface area contributed by atoms with Crippen LogP contribution in [0.3, 0.4) is 0 Å². The van der Waals surface area contributed by atoms with E-state index < -0.39 is 0 Å². The summed E-state index contributed by atoms with van der Waals surface area (Å²) < 4.78 is 0. The van der Waals surface area contributed by atoms with Gasteiger partial charge in [-0.2, -0.15) is 0 Å². The number of aliphatic hydroxyl groups is 2. The Bertz CT molecular complexity index is 279. The lowest BCUT2D eigenvalue weighted by molar-refractivity contribution is 0.258. The number of hydrogen-bond donors (Lipinski definition) is 2. The fourth-order valence-electron chi connectivity index (χ4n) is 1.54. The maximum atomic E-state index is 9.17. The van der Waals surface area contributed by atoms with E-state index in [1.807, 2.05) is 18.2 Å². The standard InChI is InChI=1S/C11H16O2/c1-8(2)10-5-3-4-9(6-12)11(10)7-13/h3-5,8,12-13H,6-7H2,1-2H3. The van der Waals surface area contributed by atoms with Crippen LogP contribution in [-0.4, -0.2) is 10.2 Å². The van der Waals surface area contributed by atoms with E-state index >= 15 is 0 Å². The summed E-state index contributed by atoms with van der Waals surface area (Å²) in [5.74, 6) is 0.383. The molecule has 0 aliphatic carbocycles. The van der Waals surface area contributed by atoms with Crippen LogP contribution in [0.2, 0.25) is 0 Å². The molecule has 0 spiro atoms. The van der Waals surface area contributed by atoms with Crippen molar-refractivity contribution in [2.75, 3.05) is 0 Å². The van der Waals surface area contributed by atoms with E-state index in [9.17, 15) is 0 Å². The first-order chi connectivity index (χ1) is 6.20. The fraction of sp³-hybridized carbons (Fsp3) is 0.455. The minimum atomic E-state index is -0.00352. The van der Waals surface area contributed by atoms with Crippen LogP contribution in [0, 0.1) is 0 Å². The van der Waals surface area contributed by atoms with Crippen molar-refractivity contribution in [3.63, 3.8) is 0 Å². The van der Waals surface area contributed by atoms with Gasteiger partial charge in [-0.05, 0) is 22.6 Å². The van der Waals surface area contributed by atoms with Crippen LogP contribution in [0.15, 0.2) is 18.2 Å². The van der Waals surface area contributed by atoms with Gasteiger partial charge in [0.15, 0.2) is 0 Å². The van der Waals surface area contributed by atoms with Gasteiger partial charge in [-0.3, -0.25) is 0 Å². The lowest BCUT2D eigenvalue weighted by atomic mass is 9.94. The zero-order valence-electron chi connectivity index (χ0n) is 8.12. The van der Waals surface area contributed by atoms with E-state index in [1.165, 1.54) is 0 Å². The maximum Gasteiger partial charge on any atom is 0.0688 e. The van der Waals surface area contributed by atoms with Crippen LogP contribution in [0.1, 0.15) is 36.5 Å². The molecular formula is C11H16O2. The van der Waals surface area contributed by atoms with E-state index in [0.29, 0.717) is 5.92 Å². The van der Waals surface area contributed by atoms with E-state index in [1.54, 1.807) is 0 Å². The van der Waals surface area contributed by atoms with Gasteiger partial charge < -0.3 is 10.2 Å². The van der Waals surface area contributed by atoms with Crippen molar-refractivity contribution >= 4 is 0 Å². The Labute approximate surface area is 78.8 Å². The second kappa shape index (κ2) is 4.40. The molecule has 0 saturated heterocycles. The monoisotopic (exact) mass is 180 g/mol. The normalized spacial score (nSPS) is 10.8. The SMILES string of the molecule is CC(C)c1cccc(CO)c1CO. The molecule has 0 saturated carbocycles.